The third-order valence-corrected chi connectivity index (χ3v) is 5.07. The Balaban J connectivity index is 1.59. The molecular weight excluding hydrogens is 294 g/mol. The van der Waals surface area contributed by atoms with Crippen LogP contribution >= 0.6 is 11.8 Å². The molecule has 22 heavy (non-hydrogen) atoms. The van der Waals surface area contributed by atoms with Gasteiger partial charge in [0, 0.05) is 16.2 Å². The number of nitrogens with one attached hydrogen (secondary N) is 2. The van der Waals surface area contributed by atoms with Crippen LogP contribution in [0.25, 0.3) is 11.0 Å². The lowest BCUT2D eigenvalue weighted by molar-refractivity contribution is 0.0935. The molecule has 0 spiro atoms. The third-order valence-electron chi connectivity index (χ3n) is 3.95. The minimum absolute atomic E-state index is 0.0387. The highest BCUT2D eigenvalue weighted by Crippen LogP contribution is 2.35. The Bertz CT molecular complexity index is 843. The molecule has 2 heterocycles. The summed E-state index contributed by atoms with van der Waals surface area (Å²) < 4.78 is 0. The minimum Gasteiger partial charge on any atom is -0.345 e. The van der Waals surface area contributed by atoms with Crippen LogP contribution in [-0.4, -0.2) is 21.6 Å². The molecular formula is C17H15N3OS. The quantitative estimate of drug-likeness (QED) is 0.761. The molecule has 1 atom stereocenters. The van der Waals surface area contributed by atoms with Crippen LogP contribution in [-0.2, 0) is 0 Å². The van der Waals surface area contributed by atoms with Crippen molar-refractivity contribution in [2.45, 2.75) is 17.4 Å². The molecule has 5 heteroatoms. The summed E-state index contributed by atoms with van der Waals surface area (Å²) in [5, 5.41) is 3.16. The standard InChI is InChI=1S/C17H15N3OS/c21-17(11-5-6-14-15(9-11)19-10-18-14)20-13-7-8-22-16-4-2-1-3-12(13)16/h1-6,9-10,13H,7-8H2,(H,18,19)(H,20,21). The van der Waals surface area contributed by atoms with Gasteiger partial charge in [0.15, 0.2) is 0 Å². The lowest BCUT2D eigenvalue weighted by atomic mass is 10.0. The van der Waals surface area contributed by atoms with Crippen LogP contribution < -0.4 is 5.32 Å². The fraction of sp³-hybridized carbons (Fsp3) is 0.176. The van der Waals surface area contributed by atoms with Crippen molar-refractivity contribution < 1.29 is 4.79 Å². The number of carbonyl (C=O) groups is 1. The maximum absolute atomic E-state index is 12.5. The molecule has 1 amide bonds. The summed E-state index contributed by atoms with van der Waals surface area (Å²) >= 11 is 1.85. The number of aromatic nitrogens is 2. The van der Waals surface area contributed by atoms with Gasteiger partial charge in [0.2, 0.25) is 0 Å². The van der Waals surface area contributed by atoms with Crippen LogP contribution in [0.5, 0.6) is 0 Å². The zero-order chi connectivity index (χ0) is 14.9. The Morgan fingerprint density at radius 3 is 3.14 bits per heavy atom. The maximum atomic E-state index is 12.5. The molecule has 0 aliphatic carbocycles. The molecule has 1 unspecified atom stereocenters. The molecule has 1 aromatic heterocycles. The molecule has 0 fully saturated rings. The van der Waals surface area contributed by atoms with Crippen molar-refractivity contribution in [1.82, 2.24) is 15.3 Å². The number of benzene rings is 2. The number of hydrogen-bond acceptors (Lipinski definition) is 3. The predicted molar refractivity (Wildman–Crippen MR) is 88.1 cm³/mol. The molecule has 4 nitrogen and oxygen atoms in total. The van der Waals surface area contributed by atoms with Crippen molar-refractivity contribution in [3.63, 3.8) is 0 Å². The molecule has 0 saturated carbocycles. The van der Waals surface area contributed by atoms with Crippen LogP contribution in [0.15, 0.2) is 53.7 Å². The van der Waals surface area contributed by atoms with E-state index in [1.165, 1.54) is 10.5 Å². The van der Waals surface area contributed by atoms with E-state index >= 15 is 0 Å². The molecule has 110 valence electrons. The summed E-state index contributed by atoms with van der Waals surface area (Å²) in [5.41, 5.74) is 3.63. The topological polar surface area (TPSA) is 57.8 Å². The number of thioether (sulfide) groups is 1. The highest BCUT2D eigenvalue weighted by molar-refractivity contribution is 7.99. The lowest BCUT2D eigenvalue weighted by Crippen LogP contribution is -2.30. The zero-order valence-corrected chi connectivity index (χ0v) is 12.7. The van der Waals surface area contributed by atoms with Crippen molar-refractivity contribution in [3.05, 3.63) is 59.9 Å². The number of rotatable bonds is 2. The van der Waals surface area contributed by atoms with Gasteiger partial charge in [-0.15, -0.1) is 11.8 Å². The van der Waals surface area contributed by atoms with Crippen molar-refractivity contribution in [1.29, 1.82) is 0 Å². The second-order valence-corrected chi connectivity index (χ2v) is 6.47. The summed E-state index contributed by atoms with van der Waals surface area (Å²) in [4.78, 5) is 21.0. The average Bonchev–Trinajstić information content (AvgIpc) is 3.02. The Morgan fingerprint density at radius 1 is 1.27 bits per heavy atom. The van der Waals surface area contributed by atoms with Crippen LogP contribution in [0.1, 0.15) is 28.4 Å². The van der Waals surface area contributed by atoms with E-state index in [-0.39, 0.29) is 11.9 Å². The van der Waals surface area contributed by atoms with Gasteiger partial charge in [-0.2, -0.15) is 0 Å². The van der Waals surface area contributed by atoms with Crippen LogP contribution in [0, 0.1) is 0 Å². The maximum Gasteiger partial charge on any atom is 0.251 e. The fourth-order valence-corrected chi connectivity index (χ4v) is 3.94. The summed E-state index contributed by atoms with van der Waals surface area (Å²) in [6.45, 7) is 0. The van der Waals surface area contributed by atoms with Gasteiger partial charge in [0.05, 0.1) is 23.4 Å². The number of hydrogen-bond donors (Lipinski definition) is 2. The van der Waals surface area contributed by atoms with E-state index in [1.807, 2.05) is 42.1 Å². The first kappa shape index (κ1) is 13.4. The summed E-state index contributed by atoms with van der Waals surface area (Å²) in [7, 11) is 0. The van der Waals surface area contributed by atoms with Crippen LogP contribution in [0.4, 0.5) is 0 Å². The van der Waals surface area contributed by atoms with Gasteiger partial charge in [-0.25, -0.2) is 4.98 Å². The number of imidazole rings is 1. The van der Waals surface area contributed by atoms with E-state index in [2.05, 4.69) is 27.4 Å². The van der Waals surface area contributed by atoms with Crippen molar-refractivity contribution >= 4 is 28.7 Å². The van der Waals surface area contributed by atoms with E-state index in [0.717, 1.165) is 23.2 Å². The zero-order valence-electron chi connectivity index (χ0n) is 11.9. The molecule has 2 aromatic carbocycles. The Kier molecular flexibility index (Phi) is 3.35. The van der Waals surface area contributed by atoms with E-state index < -0.39 is 0 Å². The Labute approximate surface area is 132 Å². The average molecular weight is 309 g/mol. The van der Waals surface area contributed by atoms with Crippen LogP contribution in [0.3, 0.4) is 0 Å². The van der Waals surface area contributed by atoms with Crippen molar-refractivity contribution in [3.8, 4) is 0 Å². The first-order valence-corrected chi connectivity index (χ1v) is 8.25. The van der Waals surface area contributed by atoms with Gasteiger partial charge in [0.25, 0.3) is 5.91 Å². The molecule has 2 N–H and O–H groups in total. The number of H-pyrrole nitrogens is 1. The van der Waals surface area contributed by atoms with E-state index in [1.54, 1.807) is 6.33 Å². The largest absolute Gasteiger partial charge is 0.345 e. The molecule has 1 aliphatic heterocycles. The molecule has 0 bridgehead atoms. The van der Waals surface area contributed by atoms with E-state index in [0.29, 0.717) is 5.56 Å². The molecule has 0 saturated heterocycles. The Morgan fingerprint density at radius 2 is 2.18 bits per heavy atom. The molecule has 1 aliphatic rings. The first-order valence-electron chi connectivity index (χ1n) is 7.27. The number of carbonyl (C=O) groups excluding carboxylic acids is 1. The van der Waals surface area contributed by atoms with Gasteiger partial charge in [-0.05, 0) is 36.2 Å². The third kappa shape index (κ3) is 2.37. The van der Waals surface area contributed by atoms with Crippen molar-refractivity contribution in [2.24, 2.45) is 0 Å². The highest BCUT2D eigenvalue weighted by Gasteiger charge is 2.22. The van der Waals surface area contributed by atoms with Gasteiger partial charge < -0.3 is 10.3 Å². The lowest BCUT2D eigenvalue weighted by Gasteiger charge is -2.25. The smallest absolute Gasteiger partial charge is 0.251 e. The van der Waals surface area contributed by atoms with Gasteiger partial charge in [-0.1, -0.05) is 18.2 Å². The fourth-order valence-electron chi connectivity index (χ4n) is 2.81. The number of amides is 1. The summed E-state index contributed by atoms with van der Waals surface area (Å²) in [5.74, 6) is 0.991. The monoisotopic (exact) mass is 309 g/mol. The second-order valence-electron chi connectivity index (χ2n) is 5.34. The number of aromatic amines is 1. The van der Waals surface area contributed by atoms with Gasteiger partial charge in [-0.3, -0.25) is 4.79 Å². The molecule has 4 rings (SSSR count). The molecule has 0 radical (unpaired) electrons. The van der Waals surface area contributed by atoms with Crippen molar-refractivity contribution in [2.75, 3.05) is 5.75 Å². The highest BCUT2D eigenvalue weighted by atomic mass is 32.2. The SMILES string of the molecule is O=C(NC1CCSc2ccccc21)c1ccc2nc[nH]c2c1. The first-order chi connectivity index (χ1) is 10.8. The minimum atomic E-state index is -0.0387. The van der Waals surface area contributed by atoms with Gasteiger partial charge >= 0.3 is 0 Å². The summed E-state index contributed by atoms with van der Waals surface area (Å²) in [6.07, 6.45) is 2.60. The number of nitrogens with zero attached hydrogens (tertiary/aromatic N) is 1. The molecule has 3 aromatic rings. The van der Waals surface area contributed by atoms with Crippen LogP contribution in [0.2, 0.25) is 0 Å². The van der Waals surface area contributed by atoms with Gasteiger partial charge in [0.1, 0.15) is 0 Å². The predicted octanol–water partition coefficient (Wildman–Crippen LogP) is 3.53. The number of fused-ring (bicyclic) bond motifs is 2. The van der Waals surface area contributed by atoms with E-state index in [4.69, 9.17) is 0 Å². The Hall–Kier alpha value is -2.27. The normalized spacial score (nSPS) is 17.2. The van der Waals surface area contributed by atoms with E-state index in [9.17, 15) is 4.79 Å². The second kappa shape index (κ2) is 5.50. The summed E-state index contributed by atoms with van der Waals surface area (Å²) in [6, 6.07) is 13.9.